The van der Waals surface area contributed by atoms with Crippen LogP contribution in [0.2, 0.25) is 0 Å². The van der Waals surface area contributed by atoms with Crippen molar-refractivity contribution in [1.82, 2.24) is 9.88 Å². The second kappa shape index (κ2) is 7.15. The molecule has 1 aliphatic rings. The zero-order chi connectivity index (χ0) is 16.2. The number of para-hydroxylation sites is 1. The summed E-state index contributed by atoms with van der Waals surface area (Å²) in [5.74, 6) is -0.0687. The van der Waals surface area contributed by atoms with Crippen LogP contribution in [0.4, 0.5) is 0 Å². The summed E-state index contributed by atoms with van der Waals surface area (Å²) in [6, 6.07) is 8.00. The smallest absolute Gasteiger partial charge is 0.309 e. The van der Waals surface area contributed by atoms with Crippen LogP contribution in [-0.2, 0) is 9.53 Å². The Morgan fingerprint density at radius 1 is 1.39 bits per heavy atom. The molecule has 0 amide bonds. The van der Waals surface area contributed by atoms with Gasteiger partial charge in [0.05, 0.1) is 18.6 Å². The van der Waals surface area contributed by atoms with Gasteiger partial charge in [-0.3, -0.25) is 4.79 Å². The number of hydrogen-bond acceptors (Lipinski definition) is 4. The fourth-order valence-electron chi connectivity index (χ4n) is 3.32. The monoisotopic (exact) mass is 316 g/mol. The number of nitrogens with zero attached hydrogens (tertiary/aromatic N) is 1. The molecule has 2 heterocycles. The van der Waals surface area contributed by atoms with Crippen molar-refractivity contribution in [2.24, 2.45) is 5.92 Å². The van der Waals surface area contributed by atoms with Gasteiger partial charge in [0.15, 0.2) is 0 Å². The molecule has 0 bridgehead atoms. The number of aromatic nitrogens is 1. The average molecular weight is 316 g/mol. The molecule has 23 heavy (non-hydrogen) atoms. The number of aliphatic hydroxyl groups is 1. The van der Waals surface area contributed by atoms with E-state index in [4.69, 9.17) is 4.74 Å². The summed E-state index contributed by atoms with van der Waals surface area (Å²) in [6.45, 7) is 4.52. The van der Waals surface area contributed by atoms with E-state index in [9.17, 15) is 9.90 Å². The first-order valence-corrected chi connectivity index (χ1v) is 8.32. The molecule has 0 unspecified atom stereocenters. The Kier molecular flexibility index (Phi) is 4.98. The summed E-state index contributed by atoms with van der Waals surface area (Å²) in [7, 11) is 0. The normalized spacial score (nSPS) is 18.2. The molecule has 1 aromatic carbocycles. The maximum absolute atomic E-state index is 11.8. The third-order valence-electron chi connectivity index (χ3n) is 4.62. The van der Waals surface area contributed by atoms with Gasteiger partial charge in [0, 0.05) is 29.2 Å². The lowest BCUT2D eigenvalue weighted by molar-refractivity contribution is -0.149. The molecule has 5 heteroatoms. The van der Waals surface area contributed by atoms with Crippen molar-refractivity contribution in [3.8, 4) is 0 Å². The third kappa shape index (κ3) is 3.57. The number of ether oxygens (including phenoxy) is 1. The number of rotatable bonds is 5. The predicted molar refractivity (Wildman–Crippen MR) is 89.1 cm³/mol. The van der Waals surface area contributed by atoms with Crippen molar-refractivity contribution >= 4 is 16.9 Å². The number of aromatic amines is 1. The number of carbonyl (C=O) groups is 1. The lowest BCUT2D eigenvalue weighted by atomic mass is 9.96. The highest BCUT2D eigenvalue weighted by Gasteiger charge is 2.27. The van der Waals surface area contributed by atoms with Crippen molar-refractivity contribution in [1.29, 1.82) is 0 Å². The maximum atomic E-state index is 11.8. The highest BCUT2D eigenvalue weighted by molar-refractivity contribution is 5.83. The number of β-amino-alcohol motifs (C(OH)–C–C–N with tert-alkyl or cyclic N) is 1. The molecule has 5 nitrogen and oxygen atoms in total. The van der Waals surface area contributed by atoms with E-state index >= 15 is 0 Å². The number of nitrogens with one attached hydrogen (secondary N) is 1. The summed E-state index contributed by atoms with van der Waals surface area (Å²) in [5, 5.41) is 11.6. The topological polar surface area (TPSA) is 65.6 Å². The van der Waals surface area contributed by atoms with Gasteiger partial charge in [-0.25, -0.2) is 0 Å². The number of fused-ring (bicyclic) bond motifs is 1. The first-order chi connectivity index (χ1) is 11.2. The molecule has 1 aliphatic heterocycles. The zero-order valence-corrected chi connectivity index (χ0v) is 13.5. The largest absolute Gasteiger partial charge is 0.466 e. The van der Waals surface area contributed by atoms with E-state index in [2.05, 4.69) is 9.88 Å². The van der Waals surface area contributed by atoms with Crippen LogP contribution in [0.25, 0.3) is 10.9 Å². The van der Waals surface area contributed by atoms with E-state index in [-0.39, 0.29) is 11.9 Å². The SMILES string of the molecule is CCOC(=O)C1CCN(C[C@@H](O)c2c[nH]c3ccccc23)CC1. The standard InChI is InChI=1S/C18H24N2O3/c1-2-23-18(22)13-7-9-20(10-8-13)12-17(21)15-11-19-16-6-4-3-5-14(15)16/h3-6,11,13,17,19,21H,2,7-10,12H2,1H3/t17-/m1/s1. The Labute approximate surface area is 136 Å². The molecule has 0 saturated carbocycles. The van der Waals surface area contributed by atoms with Crippen LogP contribution < -0.4 is 0 Å². The van der Waals surface area contributed by atoms with Crippen LogP contribution in [0.1, 0.15) is 31.4 Å². The minimum absolute atomic E-state index is 0.0106. The first kappa shape index (κ1) is 16.0. The van der Waals surface area contributed by atoms with Crippen molar-refractivity contribution < 1.29 is 14.6 Å². The number of carbonyl (C=O) groups excluding carboxylic acids is 1. The van der Waals surface area contributed by atoms with Gasteiger partial charge in [-0.05, 0) is 38.9 Å². The summed E-state index contributed by atoms with van der Waals surface area (Å²) >= 11 is 0. The van der Waals surface area contributed by atoms with Gasteiger partial charge in [-0.2, -0.15) is 0 Å². The number of aliphatic hydroxyl groups excluding tert-OH is 1. The first-order valence-electron chi connectivity index (χ1n) is 8.32. The molecular weight excluding hydrogens is 292 g/mol. The Morgan fingerprint density at radius 2 is 2.13 bits per heavy atom. The van der Waals surface area contributed by atoms with E-state index in [1.807, 2.05) is 37.4 Å². The number of H-pyrrole nitrogens is 1. The van der Waals surface area contributed by atoms with E-state index in [0.717, 1.165) is 42.4 Å². The van der Waals surface area contributed by atoms with Crippen molar-refractivity contribution in [2.45, 2.75) is 25.9 Å². The number of likely N-dealkylation sites (tertiary alicyclic amines) is 1. The molecule has 1 atom stereocenters. The van der Waals surface area contributed by atoms with Crippen molar-refractivity contribution in [3.05, 3.63) is 36.0 Å². The third-order valence-corrected chi connectivity index (χ3v) is 4.62. The number of esters is 1. The van der Waals surface area contributed by atoms with E-state index in [1.54, 1.807) is 0 Å². The number of hydrogen-bond donors (Lipinski definition) is 2. The molecule has 1 aromatic heterocycles. The van der Waals surface area contributed by atoms with Crippen LogP contribution in [0.15, 0.2) is 30.5 Å². The molecule has 1 saturated heterocycles. The quantitative estimate of drug-likeness (QED) is 0.832. The van der Waals surface area contributed by atoms with Crippen LogP contribution >= 0.6 is 0 Å². The van der Waals surface area contributed by atoms with E-state index in [1.165, 1.54) is 0 Å². The molecule has 0 spiro atoms. The number of benzene rings is 1. The Balaban J connectivity index is 1.57. The summed E-state index contributed by atoms with van der Waals surface area (Å²) < 4.78 is 5.09. The molecule has 0 aliphatic carbocycles. The second-order valence-electron chi connectivity index (χ2n) is 6.13. The van der Waals surface area contributed by atoms with Crippen LogP contribution in [0, 0.1) is 5.92 Å². The summed E-state index contributed by atoms with van der Waals surface area (Å²) in [4.78, 5) is 17.2. The molecule has 124 valence electrons. The van der Waals surface area contributed by atoms with Crippen molar-refractivity contribution in [2.75, 3.05) is 26.2 Å². The molecular formula is C18H24N2O3. The van der Waals surface area contributed by atoms with Crippen LogP contribution in [0.5, 0.6) is 0 Å². The Hall–Kier alpha value is -1.85. The van der Waals surface area contributed by atoms with Gasteiger partial charge in [0.1, 0.15) is 0 Å². The Morgan fingerprint density at radius 3 is 2.87 bits per heavy atom. The van der Waals surface area contributed by atoms with Gasteiger partial charge >= 0.3 is 5.97 Å². The highest BCUT2D eigenvalue weighted by atomic mass is 16.5. The fraction of sp³-hybridized carbons (Fsp3) is 0.500. The second-order valence-corrected chi connectivity index (χ2v) is 6.13. The highest BCUT2D eigenvalue weighted by Crippen LogP contribution is 2.26. The van der Waals surface area contributed by atoms with E-state index < -0.39 is 6.10 Å². The van der Waals surface area contributed by atoms with Gasteiger partial charge < -0.3 is 19.7 Å². The van der Waals surface area contributed by atoms with Gasteiger partial charge in [0.2, 0.25) is 0 Å². The summed E-state index contributed by atoms with van der Waals surface area (Å²) in [5.41, 5.74) is 1.98. The minimum atomic E-state index is -0.523. The molecule has 0 radical (unpaired) electrons. The van der Waals surface area contributed by atoms with Crippen molar-refractivity contribution in [3.63, 3.8) is 0 Å². The lowest BCUT2D eigenvalue weighted by Crippen LogP contribution is -2.39. The van der Waals surface area contributed by atoms with Gasteiger partial charge in [-0.1, -0.05) is 18.2 Å². The maximum Gasteiger partial charge on any atom is 0.309 e. The zero-order valence-electron chi connectivity index (χ0n) is 13.5. The van der Waals surface area contributed by atoms with Crippen LogP contribution in [0.3, 0.4) is 0 Å². The predicted octanol–water partition coefficient (Wildman–Crippen LogP) is 2.48. The van der Waals surface area contributed by atoms with E-state index in [0.29, 0.717) is 13.2 Å². The van der Waals surface area contributed by atoms with Gasteiger partial charge in [0.25, 0.3) is 0 Å². The van der Waals surface area contributed by atoms with Gasteiger partial charge in [-0.15, -0.1) is 0 Å². The molecule has 1 fully saturated rings. The Bertz CT molecular complexity index is 659. The number of piperidine rings is 1. The minimum Gasteiger partial charge on any atom is -0.466 e. The average Bonchev–Trinajstić information content (AvgIpc) is 3.00. The summed E-state index contributed by atoms with van der Waals surface area (Å²) in [6.07, 6.45) is 2.98. The molecule has 3 rings (SSSR count). The molecule has 2 aromatic rings. The fourth-order valence-corrected chi connectivity index (χ4v) is 3.32. The lowest BCUT2D eigenvalue weighted by Gasteiger charge is -2.32. The van der Waals surface area contributed by atoms with Crippen LogP contribution in [-0.4, -0.2) is 47.2 Å². The molecule has 2 N–H and O–H groups in total.